The third-order valence-electron chi connectivity index (χ3n) is 4.57. The maximum absolute atomic E-state index is 12.9. The highest BCUT2D eigenvalue weighted by Gasteiger charge is 2.22. The van der Waals surface area contributed by atoms with Gasteiger partial charge < -0.3 is 27.4 Å². The molecular formula is C20H21Cl4N7O4. The number of hydrazone groups is 1. The number of halogens is 4. The van der Waals surface area contributed by atoms with Gasteiger partial charge in [0.05, 0.1) is 25.8 Å². The monoisotopic (exact) mass is 563 g/mol. The van der Waals surface area contributed by atoms with Gasteiger partial charge in [-0.05, 0) is 48.7 Å². The van der Waals surface area contributed by atoms with Crippen molar-refractivity contribution in [1.82, 2.24) is 16.0 Å². The van der Waals surface area contributed by atoms with Gasteiger partial charge in [0.25, 0.3) is 11.9 Å². The lowest BCUT2D eigenvalue weighted by molar-refractivity contribution is -0.485. The molecule has 0 aromatic heterocycles. The molecule has 0 bridgehead atoms. The normalized spacial score (nSPS) is 12.1. The van der Waals surface area contributed by atoms with Crippen LogP contribution in [-0.4, -0.2) is 35.4 Å². The Bertz CT molecular complexity index is 1120. The molecule has 0 spiro atoms. The lowest BCUT2D eigenvalue weighted by atomic mass is 10.1. The highest BCUT2D eigenvalue weighted by molar-refractivity contribution is 6.42. The Balaban J connectivity index is 2.08. The van der Waals surface area contributed by atoms with Crippen LogP contribution in [0.3, 0.4) is 0 Å². The predicted octanol–water partition coefficient (Wildman–Crippen LogP) is 3.17. The lowest BCUT2D eigenvalue weighted by Gasteiger charge is -2.19. The van der Waals surface area contributed by atoms with E-state index in [9.17, 15) is 19.7 Å². The van der Waals surface area contributed by atoms with Gasteiger partial charge in [-0.2, -0.15) is 0 Å². The number of amides is 2. The van der Waals surface area contributed by atoms with Crippen molar-refractivity contribution in [2.45, 2.75) is 25.4 Å². The number of nitrogen functional groups attached to an aromatic ring is 1. The average molecular weight is 565 g/mol. The zero-order chi connectivity index (χ0) is 26.1. The van der Waals surface area contributed by atoms with Crippen LogP contribution in [0.1, 0.15) is 28.8 Å². The zero-order valence-corrected chi connectivity index (χ0v) is 21.0. The van der Waals surface area contributed by atoms with E-state index in [1.54, 1.807) is 12.1 Å². The van der Waals surface area contributed by atoms with Gasteiger partial charge in [-0.25, -0.2) is 10.1 Å². The number of guanidine groups is 1. The number of carbonyl (C=O) groups excluding carboxylic acids is 2. The van der Waals surface area contributed by atoms with Crippen LogP contribution in [0.25, 0.3) is 0 Å². The molecule has 0 unspecified atom stereocenters. The average Bonchev–Trinajstić information content (AvgIpc) is 2.78. The van der Waals surface area contributed by atoms with E-state index in [4.69, 9.17) is 57.9 Å². The molecule has 188 valence electrons. The second-order valence-electron chi connectivity index (χ2n) is 7.14. The summed E-state index contributed by atoms with van der Waals surface area (Å²) in [5.74, 6) is -1.42. The maximum Gasteiger partial charge on any atom is 0.266 e. The fourth-order valence-corrected chi connectivity index (χ4v) is 3.68. The summed E-state index contributed by atoms with van der Waals surface area (Å²) in [6, 6.07) is 6.47. The highest BCUT2D eigenvalue weighted by Crippen LogP contribution is 2.28. The maximum atomic E-state index is 12.9. The van der Waals surface area contributed by atoms with Crippen molar-refractivity contribution in [1.29, 1.82) is 0 Å². The van der Waals surface area contributed by atoms with E-state index in [1.165, 1.54) is 18.2 Å². The molecule has 2 rings (SSSR count). The summed E-state index contributed by atoms with van der Waals surface area (Å²) < 4.78 is 0. The van der Waals surface area contributed by atoms with Crippen LogP contribution in [0.2, 0.25) is 20.1 Å². The van der Waals surface area contributed by atoms with Gasteiger partial charge in [0.2, 0.25) is 5.91 Å². The molecule has 2 amide bonds. The summed E-state index contributed by atoms with van der Waals surface area (Å²) in [4.78, 5) is 36.0. The number of nitrogens with two attached hydrogens (primary N) is 2. The first-order valence-electron chi connectivity index (χ1n) is 9.97. The van der Waals surface area contributed by atoms with Crippen LogP contribution >= 0.6 is 46.4 Å². The van der Waals surface area contributed by atoms with Gasteiger partial charge in [-0.3, -0.25) is 9.59 Å². The molecule has 0 radical (unpaired) electrons. The molecule has 15 heteroatoms. The van der Waals surface area contributed by atoms with Crippen molar-refractivity contribution in [3.05, 3.63) is 71.7 Å². The first-order valence-corrected chi connectivity index (χ1v) is 11.5. The Labute approximate surface area is 220 Å². The fourth-order valence-electron chi connectivity index (χ4n) is 2.84. The molecule has 0 saturated heterocycles. The van der Waals surface area contributed by atoms with Crippen molar-refractivity contribution >= 4 is 69.9 Å². The molecule has 2 aromatic rings. The molecule has 0 aliphatic heterocycles. The van der Waals surface area contributed by atoms with Crippen molar-refractivity contribution in [3.8, 4) is 0 Å². The summed E-state index contributed by atoms with van der Waals surface area (Å²) in [6.45, 7) is 0.233. The van der Waals surface area contributed by atoms with Gasteiger partial charge in [0.15, 0.2) is 5.03 Å². The van der Waals surface area contributed by atoms with Crippen molar-refractivity contribution in [3.63, 3.8) is 0 Å². The molecule has 2 aromatic carbocycles. The van der Waals surface area contributed by atoms with Crippen LogP contribution in [0.4, 0.5) is 5.69 Å². The smallest absolute Gasteiger partial charge is 0.266 e. The van der Waals surface area contributed by atoms with Crippen LogP contribution < -0.4 is 27.4 Å². The van der Waals surface area contributed by atoms with E-state index in [0.717, 1.165) is 0 Å². The third-order valence-corrected chi connectivity index (χ3v) is 5.94. The van der Waals surface area contributed by atoms with Gasteiger partial charge >= 0.3 is 0 Å². The lowest BCUT2D eigenvalue weighted by Crippen LogP contribution is -2.47. The molecule has 0 saturated carbocycles. The number of hydrogen-bond acceptors (Lipinski definition) is 5. The van der Waals surface area contributed by atoms with E-state index in [0.29, 0.717) is 12.0 Å². The summed E-state index contributed by atoms with van der Waals surface area (Å²) in [7, 11) is 0. The summed E-state index contributed by atoms with van der Waals surface area (Å²) in [6.07, 6.45) is 0.480. The van der Waals surface area contributed by atoms with Crippen LogP contribution in [-0.2, 0) is 11.3 Å². The standard InChI is InChI=1S/C20H21Cl4N7O4/c21-12-4-3-11(8-13(12)22)18(32)29-16(2-1-5-27-20(26)30-31(34)35)19(33)28-9-10-6-14(23)17(25)15(24)7-10/h3-4,6-8,16H,1-2,5,9,25H2,(H,28,33)(H,29,32)(H3,26,27,30)/t16-/m1/s1. The third kappa shape index (κ3) is 8.95. The summed E-state index contributed by atoms with van der Waals surface area (Å²) in [5.41, 5.74) is 12.1. The van der Waals surface area contributed by atoms with E-state index in [2.05, 4.69) is 21.1 Å². The van der Waals surface area contributed by atoms with E-state index >= 15 is 0 Å². The highest BCUT2D eigenvalue weighted by atomic mass is 35.5. The number of anilines is 1. The molecule has 0 aliphatic carbocycles. The number of rotatable bonds is 10. The van der Waals surface area contributed by atoms with Gasteiger partial charge in [-0.1, -0.05) is 46.4 Å². The topological polar surface area (TPSA) is 178 Å². The van der Waals surface area contributed by atoms with Gasteiger partial charge in [-0.15, -0.1) is 0 Å². The molecular weight excluding hydrogens is 544 g/mol. The Morgan fingerprint density at radius 3 is 2.29 bits per heavy atom. The fraction of sp³-hybridized carbons (Fsp3) is 0.250. The summed E-state index contributed by atoms with van der Waals surface area (Å²) >= 11 is 23.9. The van der Waals surface area contributed by atoms with Gasteiger partial charge in [0.1, 0.15) is 11.1 Å². The number of carbonyl (C=O) groups is 2. The van der Waals surface area contributed by atoms with Crippen molar-refractivity contribution < 1.29 is 14.6 Å². The number of nitrogens with zero attached hydrogens (tertiary/aromatic N) is 2. The van der Waals surface area contributed by atoms with E-state index in [-0.39, 0.29) is 56.8 Å². The second-order valence-corrected chi connectivity index (χ2v) is 8.77. The second kappa shape index (κ2) is 13.2. The van der Waals surface area contributed by atoms with Gasteiger partial charge in [0, 0.05) is 18.7 Å². The molecule has 7 N–H and O–H groups in total. The molecule has 0 fully saturated rings. The minimum Gasteiger partial charge on any atom is -0.396 e. The Kier molecular flexibility index (Phi) is 10.6. The first-order chi connectivity index (χ1) is 16.5. The first kappa shape index (κ1) is 28.2. The minimum absolute atomic E-state index is 0.0678. The molecule has 1 atom stereocenters. The molecule has 35 heavy (non-hydrogen) atoms. The van der Waals surface area contributed by atoms with E-state index < -0.39 is 22.9 Å². The quantitative estimate of drug-likeness (QED) is 0.0734. The number of hydrogen-bond donors (Lipinski definition) is 5. The Morgan fingerprint density at radius 1 is 1.03 bits per heavy atom. The zero-order valence-electron chi connectivity index (χ0n) is 18.0. The van der Waals surface area contributed by atoms with E-state index in [1.807, 2.05) is 0 Å². The Morgan fingerprint density at radius 2 is 1.69 bits per heavy atom. The Hall–Kier alpha value is -2.99. The SMILES string of the molecule is N/C(=N/[N+](=O)[O-])NCCC[C@@H](NC(=O)c1ccc(Cl)c(Cl)c1)C(=O)NCc1cc(Cl)c(N)c(Cl)c1. The predicted molar refractivity (Wildman–Crippen MR) is 136 cm³/mol. The molecule has 0 aliphatic rings. The molecule has 11 nitrogen and oxygen atoms in total. The largest absolute Gasteiger partial charge is 0.396 e. The number of benzene rings is 2. The minimum atomic E-state index is -0.966. The van der Waals surface area contributed by atoms with Crippen LogP contribution in [0.5, 0.6) is 0 Å². The van der Waals surface area contributed by atoms with Crippen molar-refractivity contribution in [2.75, 3.05) is 12.3 Å². The number of nitrogens with one attached hydrogen (secondary N) is 3. The summed E-state index contributed by atoms with van der Waals surface area (Å²) in [5, 5.41) is 21.2. The van der Waals surface area contributed by atoms with Crippen LogP contribution in [0.15, 0.2) is 35.4 Å². The number of nitro groups is 1. The molecule has 0 heterocycles. The van der Waals surface area contributed by atoms with Crippen LogP contribution in [0, 0.1) is 10.1 Å². The van der Waals surface area contributed by atoms with Crippen molar-refractivity contribution in [2.24, 2.45) is 10.8 Å².